The van der Waals surface area contributed by atoms with Crippen molar-refractivity contribution in [2.75, 3.05) is 26.3 Å². The van der Waals surface area contributed by atoms with E-state index in [0.29, 0.717) is 28.3 Å². The summed E-state index contributed by atoms with van der Waals surface area (Å²) < 4.78 is 60.8. The van der Waals surface area contributed by atoms with Gasteiger partial charge in [-0.3, -0.25) is 0 Å². The predicted molar refractivity (Wildman–Crippen MR) is 93.5 cm³/mol. The molecule has 4 rings (SSSR count). The zero-order valence-corrected chi connectivity index (χ0v) is 14.8. The van der Waals surface area contributed by atoms with E-state index in [1.807, 2.05) is 0 Å². The third-order valence-electron chi connectivity index (χ3n) is 4.09. The van der Waals surface area contributed by atoms with Gasteiger partial charge in [-0.05, 0) is 18.2 Å². The molecule has 7 nitrogen and oxygen atoms in total. The second-order valence-corrected chi connectivity index (χ2v) is 5.81. The van der Waals surface area contributed by atoms with E-state index in [4.69, 9.17) is 18.9 Å². The Balaban J connectivity index is 1.86. The number of ether oxygens (including phenoxy) is 4. The zero-order valence-electron chi connectivity index (χ0n) is 14.8. The van der Waals surface area contributed by atoms with Gasteiger partial charge in [-0.1, -0.05) is 0 Å². The Kier molecular flexibility index (Phi) is 4.25. The number of methoxy groups -OCH3 is 2. The van der Waals surface area contributed by atoms with Gasteiger partial charge in [0.1, 0.15) is 5.82 Å². The maximum atomic E-state index is 13.3. The molecule has 1 aromatic heterocycles. The average Bonchev–Trinajstić information content (AvgIpc) is 3.13. The third-order valence-corrected chi connectivity index (χ3v) is 4.09. The number of aromatic nitrogens is 2. The molecule has 0 saturated carbocycles. The van der Waals surface area contributed by atoms with Crippen LogP contribution in [0.2, 0.25) is 0 Å². The molecule has 3 aromatic rings. The number of fused-ring (bicyclic) bond motifs is 2. The molecule has 1 N–H and O–H groups in total. The van der Waals surface area contributed by atoms with Gasteiger partial charge < -0.3 is 24.3 Å². The number of nitrogens with zero attached hydrogens (tertiary/aromatic N) is 2. The Morgan fingerprint density at radius 2 is 1.68 bits per heavy atom. The van der Waals surface area contributed by atoms with Gasteiger partial charge in [0.25, 0.3) is 0 Å². The normalized spacial score (nSPS) is 12.9. The van der Waals surface area contributed by atoms with Crippen LogP contribution in [0.4, 0.5) is 24.7 Å². The van der Waals surface area contributed by atoms with Crippen LogP contribution in [0.5, 0.6) is 23.0 Å². The number of alkyl halides is 3. The minimum absolute atomic E-state index is 0.0304. The van der Waals surface area contributed by atoms with Gasteiger partial charge in [0.05, 0.1) is 19.7 Å². The van der Waals surface area contributed by atoms with Gasteiger partial charge in [0.2, 0.25) is 12.6 Å². The summed E-state index contributed by atoms with van der Waals surface area (Å²) in [6.07, 6.45) is -4.72. The van der Waals surface area contributed by atoms with Crippen LogP contribution in [0.3, 0.4) is 0 Å². The van der Waals surface area contributed by atoms with Crippen molar-refractivity contribution in [1.29, 1.82) is 0 Å². The van der Waals surface area contributed by atoms with E-state index in [0.717, 1.165) is 0 Å². The Hall–Kier alpha value is -3.43. The summed E-state index contributed by atoms with van der Waals surface area (Å²) in [5, 5.41) is 3.23. The van der Waals surface area contributed by atoms with Crippen molar-refractivity contribution in [2.24, 2.45) is 0 Å². The lowest BCUT2D eigenvalue weighted by molar-refractivity contribution is -0.144. The summed E-state index contributed by atoms with van der Waals surface area (Å²) in [6, 6.07) is 7.81. The molecule has 0 spiro atoms. The Bertz CT molecular complexity index is 1060. The number of hydrogen-bond acceptors (Lipinski definition) is 7. The standard InChI is InChI=1S/C18H14F3N3O4/c1-25-13-6-10-11(7-14(13)26-2)23-17(18(19,20)21)24-16(10)22-9-3-4-12-15(5-9)28-8-27-12/h3-7H,8H2,1-2H3,(H,22,23,24). The molecule has 0 radical (unpaired) electrons. The second-order valence-electron chi connectivity index (χ2n) is 5.81. The van der Waals surface area contributed by atoms with Gasteiger partial charge in [0, 0.05) is 23.2 Å². The Morgan fingerprint density at radius 3 is 2.39 bits per heavy atom. The van der Waals surface area contributed by atoms with Gasteiger partial charge in [-0.2, -0.15) is 13.2 Å². The fourth-order valence-corrected chi connectivity index (χ4v) is 2.79. The number of rotatable bonds is 4. The van der Waals surface area contributed by atoms with E-state index >= 15 is 0 Å². The minimum Gasteiger partial charge on any atom is -0.493 e. The topological polar surface area (TPSA) is 74.7 Å². The minimum atomic E-state index is -4.72. The van der Waals surface area contributed by atoms with Crippen molar-refractivity contribution >= 4 is 22.4 Å². The lowest BCUT2D eigenvalue weighted by atomic mass is 10.2. The highest BCUT2D eigenvalue weighted by Gasteiger charge is 2.36. The van der Waals surface area contributed by atoms with Crippen molar-refractivity contribution in [3.63, 3.8) is 0 Å². The fraction of sp³-hybridized carbons (Fsp3) is 0.222. The van der Waals surface area contributed by atoms with Crippen LogP contribution < -0.4 is 24.3 Å². The number of nitrogens with one attached hydrogen (secondary N) is 1. The summed E-state index contributed by atoms with van der Waals surface area (Å²) in [6.45, 7) is 0.0877. The van der Waals surface area contributed by atoms with Crippen LogP contribution in [0.1, 0.15) is 5.82 Å². The Labute approximate surface area is 157 Å². The number of anilines is 2. The molecule has 146 valence electrons. The lowest BCUT2D eigenvalue weighted by Crippen LogP contribution is -2.13. The third kappa shape index (κ3) is 3.17. The highest BCUT2D eigenvalue weighted by Crippen LogP contribution is 2.39. The van der Waals surface area contributed by atoms with E-state index in [1.165, 1.54) is 26.4 Å². The monoisotopic (exact) mass is 393 g/mol. The van der Waals surface area contributed by atoms with E-state index in [9.17, 15) is 13.2 Å². The SMILES string of the molecule is COc1cc2nc(C(F)(F)F)nc(Nc3ccc4c(c3)OCO4)c2cc1OC. The number of hydrogen-bond donors (Lipinski definition) is 1. The smallest absolute Gasteiger partial charge is 0.451 e. The summed E-state index contributed by atoms with van der Waals surface area (Å²) in [5.74, 6) is 0.342. The zero-order chi connectivity index (χ0) is 19.9. The number of halogens is 3. The molecule has 0 unspecified atom stereocenters. The highest BCUT2D eigenvalue weighted by molar-refractivity contribution is 5.93. The van der Waals surface area contributed by atoms with E-state index < -0.39 is 12.0 Å². The maximum Gasteiger partial charge on any atom is 0.451 e. The van der Waals surface area contributed by atoms with Crippen molar-refractivity contribution in [2.45, 2.75) is 6.18 Å². The molecule has 28 heavy (non-hydrogen) atoms. The van der Waals surface area contributed by atoms with Crippen LogP contribution in [0, 0.1) is 0 Å². The van der Waals surface area contributed by atoms with Gasteiger partial charge in [-0.25, -0.2) is 9.97 Å². The molecule has 2 aromatic carbocycles. The molecule has 2 heterocycles. The molecule has 1 aliphatic heterocycles. The van der Waals surface area contributed by atoms with Crippen molar-refractivity contribution in [3.05, 3.63) is 36.2 Å². The average molecular weight is 393 g/mol. The van der Waals surface area contributed by atoms with Crippen LogP contribution in [0.25, 0.3) is 10.9 Å². The quantitative estimate of drug-likeness (QED) is 0.714. The molecule has 1 aliphatic rings. The summed E-state index contributed by atoms with van der Waals surface area (Å²) in [4.78, 5) is 7.31. The van der Waals surface area contributed by atoms with Crippen LogP contribution in [-0.2, 0) is 6.18 Å². The van der Waals surface area contributed by atoms with E-state index in [-0.39, 0.29) is 23.9 Å². The van der Waals surface area contributed by atoms with Crippen molar-refractivity contribution in [3.8, 4) is 23.0 Å². The first kappa shape index (κ1) is 18.0. The first-order valence-electron chi connectivity index (χ1n) is 8.06. The molecule has 0 amide bonds. The first-order valence-corrected chi connectivity index (χ1v) is 8.06. The van der Waals surface area contributed by atoms with Crippen molar-refractivity contribution in [1.82, 2.24) is 9.97 Å². The molecule has 0 fully saturated rings. The summed E-state index contributed by atoms with van der Waals surface area (Å²) in [7, 11) is 2.82. The summed E-state index contributed by atoms with van der Waals surface area (Å²) in [5.41, 5.74) is 0.537. The molecule has 0 saturated heterocycles. The van der Waals surface area contributed by atoms with E-state index in [1.54, 1.807) is 18.2 Å². The van der Waals surface area contributed by atoms with Crippen LogP contribution in [0.15, 0.2) is 30.3 Å². The van der Waals surface area contributed by atoms with Crippen LogP contribution >= 0.6 is 0 Å². The molecular weight excluding hydrogens is 379 g/mol. The van der Waals surface area contributed by atoms with Crippen molar-refractivity contribution < 1.29 is 32.1 Å². The predicted octanol–water partition coefficient (Wildman–Crippen LogP) is 4.14. The van der Waals surface area contributed by atoms with Gasteiger partial charge in [0.15, 0.2) is 23.0 Å². The van der Waals surface area contributed by atoms with Gasteiger partial charge in [-0.15, -0.1) is 0 Å². The molecule has 10 heteroatoms. The summed E-state index contributed by atoms with van der Waals surface area (Å²) >= 11 is 0. The molecular formula is C18H14F3N3O4. The molecule has 0 aliphatic carbocycles. The molecule has 0 bridgehead atoms. The lowest BCUT2D eigenvalue weighted by Gasteiger charge is -2.15. The van der Waals surface area contributed by atoms with E-state index in [2.05, 4.69) is 15.3 Å². The van der Waals surface area contributed by atoms with Gasteiger partial charge >= 0.3 is 6.18 Å². The fourth-order valence-electron chi connectivity index (χ4n) is 2.79. The Morgan fingerprint density at radius 1 is 0.964 bits per heavy atom. The largest absolute Gasteiger partial charge is 0.493 e. The van der Waals surface area contributed by atoms with Crippen LogP contribution in [-0.4, -0.2) is 31.0 Å². The second kappa shape index (κ2) is 6.63. The molecule has 0 atom stereocenters. The first-order chi connectivity index (χ1) is 13.4. The highest BCUT2D eigenvalue weighted by atomic mass is 19.4. The number of benzene rings is 2. The maximum absolute atomic E-state index is 13.3.